The Balaban J connectivity index is 1.75. The molecule has 0 fully saturated rings. The molecule has 0 saturated carbocycles. The molecule has 104 valence electrons. The number of halogens is 2. The number of fused-ring (bicyclic) bond motifs is 1. The van der Waals surface area contributed by atoms with Crippen molar-refractivity contribution in [1.82, 2.24) is 0 Å². The lowest BCUT2D eigenvalue weighted by atomic mass is 10.2. The maximum Gasteiger partial charge on any atom is 0.231 e. The van der Waals surface area contributed by atoms with Crippen LogP contribution in [0.25, 0.3) is 0 Å². The molecular weight excluding hydrogens is 374 g/mol. The number of benzene rings is 2. The van der Waals surface area contributed by atoms with Crippen molar-refractivity contribution in [1.29, 1.82) is 0 Å². The number of nitrogens with two attached hydrogens (primary N) is 1. The van der Waals surface area contributed by atoms with Gasteiger partial charge in [0.05, 0.1) is 14.9 Å². The summed E-state index contributed by atoms with van der Waals surface area (Å²) in [5, 5.41) is 3.12. The Kier molecular flexibility index (Phi) is 3.56. The number of nitrogens with one attached hydrogen (secondary N) is 1. The molecule has 0 aliphatic carbocycles. The van der Waals surface area contributed by atoms with Crippen molar-refractivity contribution in [3.05, 3.63) is 45.3 Å². The predicted molar refractivity (Wildman–Crippen MR) is 83.4 cm³/mol. The molecule has 3 rings (SSSR count). The molecule has 0 radical (unpaired) electrons. The van der Waals surface area contributed by atoms with Crippen LogP contribution in [0.15, 0.2) is 30.3 Å². The van der Waals surface area contributed by atoms with Crippen LogP contribution in [0.1, 0.15) is 5.56 Å². The number of rotatable bonds is 3. The number of ether oxygens (including phenoxy) is 2. The first-order valence-electron chi connectivity index (χ1n) is 6.00. The topological polar surface area (TPSA) is 56.5 Å². The van der Waals surface area contributed by atoms with Crippen LogP contribution in [0.4, 0.5) is 15.8 Å². The monoisotopic (exact) mass is 386 g/mol. The average molecular weight is 386 g/mol. The van der Waals surface area contributed by atoms with Gasteiger partial charge in [0.2, 0.25) is 6.79 Å². The van der Waals surface area contributed by atoms with Crippen molar-refractivity contribution in [2.75, 3.05) is 17.8 Å². The van der Waals surface area contributed by atoms with E-state index in [1.165, 1.54) is 6.07 Å². The van der Waals surface area contributed by atoms with Gasteiger partial charge in [0.25, 0.3) is 0 Å². The third kappa shape index (κ3) is 2.60. The summed E-state index contributed by atoms with van der Waals surface area (Å²) in [6, 6.07) is 8.70. The second-order valence-corrected chi connectivity index (χ2v) is 5.56. The Morgan fingerprint density at radius 1 is 1.20 bits per heavy atom. The molecule has 3 N–H and O–H groups in total. The SMILES string of the molecule is Nc1cc(I)c(F)cc1NCc1ccc2c(c1)OCO2. The number of anilines is 2. The van der Waals surface area contributed by atoms with Crippen LogP contribution >= 0.6 is 22.6 Å². The molecule has 1 heterocycles. The molecule has 0 bridgehead atoms. The van der Waals surface area contributed by atoms with Crippen molar-refractivity contribution in [3.8, 4) is 11.5 Å². The molecule has 6 heteroatoms. The summed E-state index contributed by atoms with van der Waals surface area (Å²) in [6.07, 6.45) is 0. The first kappa shape index (κ1) is 13.3. The van der Waals surface area contributed by atoms with Gasteiger partial charge < -0.3 is 20.5 Å². The van der Waals surface area contributed by atoms with Gasteiger partial charge in [-0.1, -0.05) is 6.07 Å². The molecule has 2 aromatic rings. The zero-order chi connectivity index (χ0) is 14.1. The molecule has 0 atom stereocenters. The summed E-state index contributed by atoms with van der Waals surface area (Å²) in [7, 11) is 0. The Hall–Kier alpha value is -1.70. The second-order valence-electron chi connectivity index (χ2n) is 4.39. The Morgan fingerprint density at radius 3 is 2.85 bits per heavy atom. The number of hydrogen-bond acceptors (Lipinski definition) is 4. The van der Waals surface area contributed by atoms with Crippen LogP contribution in [-0.2, 0) is 6.54 Å². The average Bonchev–Trinajstić information content (AvgIpc) is 2.89. The standard InChI is InChI=1S/C14H12FIN2O2/c15-9-4-12(11(17)5-10(9)16)18-6-8-1-2-13-14(3-8)20-7-19-13/h1-5,18H,6-7,17H2. The van der Waals surface area contributed by atoms with Crippen molar-refractivity contribution < 1.29 is 13.9 Å². The third-order valence-electron chi connectivity index (χ3n) is 3.01. The van der Waals surface area contributed by atoms with Crippen molar-refractivity contribution in [2.45, 2.75) is 6.54 Å². The molecule has 0 amide bonds. The molecule has 0 saturated heterocycles. The summed E-state index contributed by atoms with van der Waals surface area (Å²) in [5.74, 6) is 1.19. The van der Waals surface area contributed by atoms with Crippen molar-refractivity contribution >= 4 is 34.0 Å². The normalized spacial score (nSPS) is 12.5. The Bertz CT molecular complexity index is 664. The minimum absolute atomic E-state index is 0.251. The van der Waals surface area contributed by atoms with Crippen LogP contribution in [0.3, 0.4) is 0 Å². The minimum atomic E-state index is -0.284. The summed E-state index contributed by atoms with van der Waals surface area (Å²) in [6.45, 7) is 0.780. The lowest BCUT2D eigenvalue weighted by Gasteiger charge is -2.11. The van der Waals surface area contributed by atoms with Crippen LogP contribution in [0.2, 0.25) is 0 Å². The van der Waals surface area contributed by atoms with E-state index in [9.17, 15) is 4.39 Å². The van der Waals surface area contributed by atoms with E-state index in [4.69, 9.17) is 15.2 Å². The fraction of sp³-hybridized carbons (Fsp3) is 0.143. The molecule has 2 aromatic carbocycles. The molecule has 0 spiro atoms. The first-order valence-corrected chi connectivity index (χ1v) is 7.08. The zero-order valence-corrected chi connectivity index (χ0v) is 12.6. The molecule has 1 aliphatic heterocycles. The van der Waals surface area contributed by atoms with Crippen molar-refractivity contribution in [2.24, 2.45) is 0 Å². The van der Waals surface area contributed by atoms with Gasteiger partial charge in [-0.2, -0.15) is 0 Å². The van der Waals surface area contributed by atoms with Crippen LogP contribution in [0.5, 0.6) is 11.5 Å². The highest BCUT2D eigenvalue weighted by molar-refractivity contribution is 14.1. The molecule has 4 nitrogen and oxygen atoms in total. The van der Waals surface area contributed by atoms with E-state index < -0.39 is 0 Å². The summed E-state index contributed by atoms with van der Waals surface area (Å²) >= 11 is 1.91. The van der Waals surface area contributed by atoms with Gasteiger partial charge in [-0.25, -0.2) is 4.39 Å². The maximum atomic E-state index is 13.5. The molecule has 1 aliphatic rings. The fourth-order valence-electron chi connectivity index (χ4n) is 1.96. The summed E-state index contributed by atoms with van der Waals surface area (Å²) < 4.78 is 24.6. The third-order valence-corrected chi connectivity index (χ3v) is 3.84. The minimum Gasteiger partial charge on any atom is -0.454 e. The van der Waals surface area contributed by atoms with Gasteiger partial charge in [-0.3, -0.25) is 0 Å². The van der Waals surface area contributed by atoms with Gasteiger partial charge >= 0.3 is 0 Å². The van der Waals surface area contributed by atoms with Crippen molar-refractivity contribution in [3.63, 3.8) is 0 Å². The predicted octanol–water partition coefficient (Wildman–Crippen LogP) is 3.35. The maximum absolute atomic E-state index is 13.5. The van der Waals surface area contributed by atoms with E-state index in [-0.39, 0.29) is 12.6 Å². The largest absolute Gasteiger partial charge is 0.454 e. The van der Waals surface area contributed by atoms with E-state index in [0.717, 1.165) is 17.1 Å². The van der Waals surface area contributed by atoms with E-state index in [0.29, 0.717) is 21.5 Å². The highest BCUT2D eigenvalue weighted by Gasteiger charge is 2.13. The lowest BCUT2D eigenvalue weighted by molar-refractivity contribution is 0.174. The quantitative estimate of drug-likeness (QED) is 0.628. The van der Waals surface area contributed by atoms with Gasteiger partial charge in [-0.15, -0.1) is 0 Å². The highest BCUT2D eigenvalue weighted by atomic mass is 127. The first-order chi connectivity index (χ1) is 9.63. The molecular formula is C14H12FIN2O2. The van der Waals surface area contributed by atoms with Crippen LogP contribution < -0.4 is 20.5 Å². The summed E-state index contributed by atoms with van der Waals surface area (Å²) in [4.78, 5) is 0. The Labute approximate surface area is 129 Å². The smallest absolute Gasteiger partial charge is 0.231 e. The van der Waals surface area contributed by atoms with Gasteiger partial charge in [0.15, 0.2) is 11.5 Å². The van der Waals surface area contributed by atoms with E-state index in [1.807, 2.05) is 40.8 Å². The second kappa shape index (κ2) is 5.35. The van der Waals surface area contributed by atoms with Gasteiger partial charge in [0.1, 0.15) is 5.82 Å². The number of hydrogen-bond donors (Lipinski definition) is 2. The van der Waals surface area contributed by atoms with E-state index >= 15 is 0 Å². The fourth-order valence-corrected chi connectivity index (χ4v) is 2.45. The molecule has 20 heavy (non-hydrogen) atoms. The summed E-state index contributed by atoms with van der Waals surface area (Å²) in [5.41, 5.74) is 7.98. The molecule has 0 unspecified atom stereocenters. The van der Waals surface area contributed by atoms with Gasteiger partial charge in [0, 0.05) is 12.6 Å². The van der Waals surface area contributed by atoms with Crippen LogP contribution in [0, 0.1) is 9.39 Å². The number of nitrogen functional groups attached to an aromatic ring is 1. The van der Waals surface area contributed by atoms with Crippen LogP contribution in [-0.4, -0.2) is 6.79 Å². The molecule has 0 aromatic heterocycles. The zero-order valence-electron chi connectivity index (χ0n) is 10.5. The lowest BCUT2D eigenvalue weighted by Crippen LogP contribution is -2.03. The van der Waals surface area contributed by atoms with E-state index in [1.54, 1.807) is 6.07 Å². The van der Waals surface area contributed by atoms with Gasteiger partial charge in [-0.05, 0) is 46.4 Å². The van der Waals surface area contributed by atoms with E-state index in [2.05, 4.69) is 5.32 Å². The Morgan fingerprint density at radius 2 is 2.00 bits per heavy atom. The highest BCUT2D eigenvalue weighted by Crippen LogP contribution is 2.33.